The Morgan fingerprint density at radius 1 is 1.03 bits per heavy atom. The molecule has 0 aliphatic carbocycles. The highest BCUT2D eigenvalue weighted by Crippen LogP contribution is 2.24. The summed E-state index contributed by atoms with van der Waals surface area (Å²) in [6.07, 6.45) is 11.2. The van der Waals surface area contributed by atoms with Crippen molar-refractivity contribution in [1.29, 1.82) is 0 Å². The molecule has 7 nitrogen and oxygen atoms in total. The Balaban J connectivity index is 1.43. The van der Waals surface area contributed by atoms with Gasteiger partial charge in [-0.15, -0.1) is 0 Å². The van der Waals surface area contributed by atoms with Gasteiger partial charge >= 0.3 is 0 Å². The largest absolute Gasteiger partial charge is 0.384 e. The van der Waals surface area contributed by atoms with Gasteiger partial charge in [0.1, 0.15) is 23.6 Å². The Morgan fingerprint density at radius 3 is 2.61 bits per heavy atom. The van der Waals surface area contributed by atoms with Gasteiger partial charge in [0.15, 0.2) is 5.82 Å². The van der Waals surface area contributed by atoms with Gasteiger partial charge in [0.25, 0.3) is 0 Å². The Hall–Kier alpha value is -2.92. The monoisotopic (exact) mass is 489 g/mol. The molecule has 3 heterocycles. The van der Waals surface area contributed by atoms with Crippen molar-refractivity contribution in [3.8, 4) is 11.8 Å². The van der Waals surface area contributed by atoms with Crippen molar-refractivity contribution in [2.45, 2.75) is 64.7 Å². The summed E-state index contributed by atoms with van der Waals surface area (Å²) in [4.78, 5) is 11.9. The molecule has 1 aliphatic heterocycles. The van der Waals surface area contributed by atoms with E-state index >= 15 is 0 Å². The van der Waals surface area contributed by atoms with Crippen molar-refractivity contribution in [1.82, 2.24) is 19.4 Å². The molecule has 0 unspecified atom stereocenters. The quantitative estimate of drug-likeness (QED) is 0.309. The molecule has 1 fully saturated rings. The molecule has 0 spiro atoms. The van der Waals surface area contributed by atoms with Crippen LogP contribution in [0.15, 0.2) is 36.5 Å². The predicted molar refractivity (Wildman–Crippen MR) is 144 cm³/mol. The van der Waals surface area contributed by atoms with Gasteiger partial charge in [0.05, 0.1) is 18.8 Å². The van der Waals surface area contributed by atoms with Crippen molar-refractivity contribution < 1.29 is 9.47 Å². The van der Waals surface area contributed by atoms with Crippen molar-refractivity contribution in [3.05, 3.63) is 53.5 Å². The molecule has 2 N–H and O–H groups in total. The van der Waals surface area contributed by atoms with Gasteiger partial charge in [-0.05, 0) is 50.9 Å². The molecule has 1 aliphatic rings. The maximum absolute atomic E-state index is 6.38. The smallest absolute Gasteiger partial charge is 0.151 e. The SMILES string of the molecule is COCCc1nc(N)c2c(n1)c(C#CCCCCN1CCCCCC1)cn2COCc1ccccc1. The minimum atomic E-state index is 0.355. The molecule has 7 heteroatoms. The average Bonchev–Trinajstić information content (AvgIpc) is 3.04. The number of likely N-dealkylation sites (tertiary alicyclic amines) is 1. The third-order valence-corrected chi connectivity index (χ3v) is 6.60. The summed E-state index contributed by atoms with van der Waals surface area (Å²) in [6.45, 7) is 5.11. The third-order valence-electron chi connectivity index (χ3n) is 6.60. The number of nitrogen functional groups attached to an aromatic ring is 1. The summed E-state index contributed by atoms with van der Waals surface area (Å²) in [7, 11) is 1.67. The minimum absolute atomic E-state index is 0.355. The molecule has 36 heavy (non-hydrogen) atoms. The van der Waals surface area contributed by atoms with Crippen LogP contribution in [-0.4, -0.2) is 52.8 Å². The van der Waals surface area contributed by atoms with Crippen LogP contribution in [0.5, 0.6) is 0 Å². The molecule has 0 amide bonds. The normalized spacial score (nSPS) is 14.5. The van der Waals surface area contributed by atoms with E-state index < -0.39 is 0 Å². The van der Waals surface area contributed by atoms with Gasteiger partial charge in [0.2, 0.25) is 0 Å². The first-order valence-electron chi connectivity index (χ1n) is 13.2. The molecule has 0 atom stereocenters. The lowest BCUT2D eigenvalue weighted by atomic mass is 10.2. The second kappa shape index (κ2) is 14.0. The maximum Gasteiger partial charge on any atom is 0.151 e. The van der Waals surface area contributed by atoms with Crippen LogP contribution in [0.1, 0.15) is 61.9 Å². The van der Waals surface area contributed by atoms with Crippen LogP contribution >= 0.6 is 0 Å². The number of hydrogen-bond donors (Lipinski definition) is 1. The molecule has 3 aromatic rings. The summed E-state index contributed by atoms with van der Waals surface area (Å²) in [5.74, 6) is 7.85. The number of hydrogen-bond acceptors (Lipinski definition) is 6. The Morgan fingerprint density at radius 2 is 1.83 bits per heavy atom. The number of fused-ring (bicyclic) bond motifs is 1. The highest BCUT2D eigenvalue weighted by molar-refractivity contribution is 5.90. The minimum Gasteiger partial charge on any atom is -0.384 e. The van der Waals surface area contributed by atoms with Crippen LogP contribution in [0.2, 0.25) is 0 Å². The lowest BCUT2D eigenvalue weighted by Crippen LogP contribution is -2.25. The number of methoxy groups -OCH3 is 1. The van der Waals surface area contributed by atoms with E-state index in [0.29, 0.717) is 38.0 Å². The van der Waals surface area contributed by atoms with Gasteiger partial charge < -0.3 is 24.7 Å². The van der Waals surface area contributed by atoms with Crippen molar-refractivity contribution in [2.75, 3.05) is 39.1 Å². The van der Waals surface area contributed by atoms with Crippen LogP contribution in [-0.2, 0) is 29.2 Å². The molecule has 0 saturated carbocycles. The zero-order valence-corrected chi connectivity index (χ0v) is 21.5. The first kappa shape index (κ1) is 26.2. The van der Waals surface area contributed by atoms with Gasteiger partial charge in [-0.1, -0.05) is 55.0 Å². The van der Waals surface area contributed by atoms with Gasteiger partial charge in [-0.3, -0.25) is 0 Å². The van der Waals surface area contributed by atoms with E-state index in [1.807, 2.05) is 29.0 Å². The average molecular weight is 490 g/mol. The number of ether oxygens (including phenoxy) is 2. The fraction of sp³-hybridized carbons (Fsp3) is 0.517. The number of unbranched alkanes of at least 4 members (excludes halogenated alkanes) is 2. The van der Waals surface area contributed by atoms with E-state index in [1.165, 1.54) is 51.7 Å². The van der Waals surface area contributed by atoms with Crippen LogP contribution in [0.4, 0.5) is 5.82 Å². The Bertz CT molecular complexity index is 1140. The van der Waals surface area contributed by atoms with E-state index in [2.05, 4.69) is 33.9 Å². The first-order valence-corrected chi connectivity index (χ1v) is 13.2. The molecular weight excluding hydrogens is 450 g/mol. The lowest BCUT2D eigenvalue weighted by Gasteiger charge is -2.18. The summed E-state index contributed by atoms with van der Waals surface area (Å²) in [5.41, 5.74) is 9.93. The van der Waals surface area contributed by atoms with Crippen molar-refractivity contribution in [2.24, 2.45) is 0 Å². The van der Waals surface area contributed by atoms with Crippen LogP contribution in [0.3, 0.4) is 0 Å². The highest BCUT2D eigenvalue weighted by Gasteiger charge is 2.15. The number of nitrogens with zero attached hydrogens (tertiary/aromatic N) is 4. The number of rotatable bonds is 11. The first-order chi connectivity index (χ1) is 17.7. The molecule has 0 bridgehead atoms. The van der Waals surface area contributed by atoms with E-state index in [1.54, 1.807) is 7.11 Å². The number of nitrogens with two attached hydrogens (primary N) is 1. The lowest BCUT2D eigenvalue weighted by molar-refractivity contribution is 0.0668. The van der Waals surface area contributed by atoms with E-state index in [0.717, 1.165) is 35.0 Å². The van der Waals surface area contributed by atoms with E-state index in [-0.39, 0.29) is 0 Å². The molecule has 1 aromatic carbocycles. The molecule has 192 valence electrons. The number of anilines is 1. The Labute approximate surface area is 215 Å². The number of aromatic nitrogens is 3. The van der Waals surface area contributed by atoms with Gasteiger partial charge in [-0.25, -0.2) is 9.97 Å². The topological polar surface area (TPSA) is 78.4 Å². The summed E-state index contributed by atoms with van der Waals surface area (Å²) < 4.78 is 13.2. The zero-order chi connectivity index (χ0) is 25.0. The van der Waals surface area contributed by atoms with E-state index in [9.17, 15) is 0 Å². The summed E-state index contributed by atoms with van der Waals surface area (Å²) in [5, 5.41) is 0. The number of benzene rings is 1. The molecule has 1 saturated heterocycles. The highest BCUT2D eigenvalue weighted by atomic mass is 16.5. The fourth-order valence-corrected chi connectivity index (χ4v) is 4.67. The second-order valence-electron chi connectivity index (χ2n) is 9.46. The second-order valence-corrected chi connectivity index (χ2v) is 9.46. The zero-order valence-electron chi connectivity index (χ0n) is 21.5. The summed E-state index contributed by atoms with van der Waals surface area (Å²) in [6, 6.07) is 10.1. The standard InChI is InChI=1S/C29H39N5O2/c1-35-20-16-26-31-27-25(15-9-2-3-10-17-33-18-11-4-5-12-19-33)21-34(28(27)29(30)32-26)23-36-22-24-13-7-6-8-14-24/h6-8,13-14,21H,2-5,10-12,16-20,22-23H2,1H3,(H2,30,31,32). The molecule has 4 rings (SSSR count). The predicted octanol–water partition coefficient (Wildman–Crippen LogP) is 4.77. The fourth-order valence-electron chi connectivity index (χ4n) is 4.67. The molecule has 2 aromatic heterocycles. The van der Waals surface area contributed by atoms with Crippen molar-refractivity contribution >= 4 is 16.9 Å². The van der Waals surface area contributed by atoms with Crippen LogP contribution in [0.25, 0.3) is 11.0 Å². The van der Waals surface area contributed by atoms with Crippen LogP contribution in [0, 0.1) is 11.8 Å². The summed E-state index contributed by atoms with van der Waals surface area (Å²) >= 11 is 0. The van der Waals surface area contributed by atoms with E-state index in [4.69, 9.17) is 20.2 Å². The Kier molecular flexibility index (Phi) is 10.2. The maximum atomic E-state index is 6.38. The van der Waals surface area contributed by atoms with Gasteiger partial charge in [-0.2, -0.15) is 0 Å². The van der Waals surface area contributed by atoms with Crippen LogP contribution < -0.4 is 5.73 Å². The van der Waals surface area contributed by atoms with Crippen molar-refractivity contribution in [3.63, 3.8) is 0 Å². The third kappa shape index (κ3) is 7.54. The molecular formula is C29H39N5O2. The molecule has 0 radical (unpaired) electrons. The van der Waals surface area contributed by atoms with Gasteiger partial charge in [0, 0.05) is 26.1 Å².